The largest absolute Gasteiger partial charge is 0.493 e. The van der Waals surface area contributed by atoms with Crippen molar-refractivity contribution < 1.29 is 19.4 Å². The first kappa shape index (κ1) is 17.8. The molecule has 3 aliphatic rings. The number of rotatable bonds is 3. The fraction of sp³-hybridized carbons (Fsp3) is 0.682. The molecular weight excluding hydrogens is 328 g/mol. The van der Waals surface area contributed by atoms with E-state index in [1.54, 1.807) is 14.0 Å². The quantitative estimate of drug-likeness (QED) is 0.649. The van der Waals surface area contributed by atoms with Crippen molar-refractivity contribution in [1.82, 2.24) is 0 Å². The Morgan fingerprint density at radius 2 is 2.04 bits per heavy atom. The van der Waals surface area contributed by atoms with Gasteiger partial charge in [-0.05, 0) is 85.0 Å². The van der Waals surface area contributed by atoms with Crippen LogP contribution in [-0.4, -0.2) is 24.3 Å². The highest BCUT2D eigenvalue weighted by Crippen LogP contribution is 2.61. The van der Waals surface area contributed by atoms with E-state index in [4.69, 9.17) is 9.47 Å². The van der Waals surface area contributed by atoms with Gasteiger partial charge in [-0.15, -0.1) is 0 Å². The molecule has 3 unspecified atom stereocenters. The monoisotopic (exact) mass is 358 g/mol. The Hall–Kier alpha value is -1.55. The molecule has 5 atom stereocenters. The van der Waals surface area contributed by atoms with Crippen molar-refractivity contribution in [3.8, 4) is 11.5 Å². The van der Waals surface area contributed by atoms with Crippen molar-refractivity contribution in [2.24, 2.45) is 17.3 Å². The summed E-state index contributed by atoms with van der Waals surface area (Å²) < 4.78 is 11.0. The number of aryl methyl sites for hydroxylation is 1. The number of methoxy groups -OCH3 is 1. The topological polar surface area (TPSA) is 55.8 Å². The lowest BCUT2D eigenvalue weighted by Gasteiger charge is -2.50. The third kappa shape index (κ3) is 2.65. The van der Waals surface area contributed by atoms with Crippen LogP contribution >= 0.6 is 0 Å². The van der Waals surface area contributed by atoms with Crippen LogP contribution in [0.1, 0.15) is 69.4 Å². The molecule has 0 amide bonds. The van der Waals surface area contributed by atoms with E-state index in [2.05, 4.69) is 13.0 Å². The zero-order valence-corrected chi connectivity index (χ0v) is 16.1. The molecule has 26 heavy (non-hydrogen) atoms. The van der Waals surface area contributed by atoms with Crippen molar-refractivity contribution in [2.75, 3.05) is 7.11 Å². The molecule has 0 bridgehead atoms. The van der Waals surface area contributed by atoms with Gasteiger partial charge in [-0.2, -0.15) is 0 Å². The van der Waals surface area contributed by atoms with Gasteiger partial charge in [0.25, 0.3) is 0 Å². The summed E-state index contributed by atoms with van der Waals surface area (Å²) in [6.45, 7) is 4.10. The first-order chi connectivity index (χ1) is 12.5. The maximum atomic E-state index is 11.7. The third-order valence-corrected chi connectivity index (χ3v) is 7.47. The highest BCUT2D eigenvalue weighted by atomic mass is 16.6. The summed E-state index contributed by atoms with van der Waals surface area (Å²) >= 11 is 0. The molecule has 0 radical (unpaired) electrons. The number of hydrogen-bond acceptors (Lipinski definition) is 4. The first-order valence-electron chi connectivity index (χ1n) is 10.1. The highest BCUT2D eigenvalue weighted by molar-refractivity contribution is 5.73. The van der Waals surface area contributed by atoms with Crippen LogP contribution < -0.4 is 9.47 Å². The van der Waals surface area contributed by atoms with Crippen LogP contribution in [0.15, 0.2) is 12.1 Å². The van der Waals surface area contributed by atoms with E-state index >= 15 is 0 Å². The standard InChI is InChI=1S/C22H30O4/c1-4-21(24)26-19-11-13-5-6-15-14(16(13)12-18(19)25-3)9-10-22(2)17(15)7-8-20(22)23/h11-12,14-15,17,20,23H,4-10H2,1-3H3/t14?,15?,17?,20-,22-/m0/s1. The Morgan fingerprint density at radius 1 is 1.23 bits per heavy atom. The molecule has 1 N–H and O–H groups in total. The van der Waals surface area contributed by atoms with Gasteiger partial charge in [0.05, 0.1) is 13.2 Å². The van der Waals surface area contributed by atoms with E-state index in [1.165, 1.54) is 11.1 Å². The molecule has 3 aliphatic carbocycles. The molecule has 142 valence electrons. The van der Waals surface area contributed by atoms with Crippen molar-refractivity contribution in [2.45, 2.75) is 70.8 Å². The average Bonchev–Trinajstić information content (AvgIpc) is 2.95. The van der Waals surface area contributed by atoms with Gasteiger partial charge in [0.15, 0.2) is 11.5 Å². The molecule has 1 aromatic carbocycles. The summed E-state index contributed by atoms with van der Waals surface area (Å²) in [5.74, 6) is 2.77. The third-order valence-electron chi connectivity index (χ3n) is 7.47. The molecular formula is C22H30O4. The molecule has 0 heterocycles. The van der Waals surface area contributed by atoms with E-state index in [9.17, 15) is 9.90 Å². The van der Waals surface area contributed by atoms with Crippen molar-refractivity contribution >= 4 is 5.97 Å². The van der Waals surface area contributed by atoms with Gasteiger partial charge in [0.2, 0.25) is 0 Å². The van der Waals surface area contributed by atoms with Crippen molar-refractivity contribution in [3.05, 3.63) is 23.3 Å². The minimum absolute atomic E-state index is 0.0966. The van der Waals surface area contributed by atoms with Crippen LogP contribution in [0.25, 0.3) is 0 Å². The normalized spacial score (nSPS) is 35.2. The van der Waals surface area contributed by atoms with E-state index in [0.29, 0.717) is 35.7 Å². The van der Waals surface area contributed by atoms with Crippen LogP contribution in [0.2, 0.25) is 0 Å². The summed E-state index contributed by atoms with van der Waals surface area (Å²) in [7, 11) is 1.64. The minimum Gasteiger partial charge on any atom is -0.493 e. The van der Waals surface area contributed by atoms with E-state index < -0.39 is 0 Å². The van der Waals surface area contributed by atoms with Crippen molar-refractivity contribution in [1.29, 1.82) is 0 Å². The number of esters is 1. The smallest absolute Gasteiger partial charge is 0.311 e. The maximum absolute atomic E-state index is 11.7. The fourth-order valence-electron chi connectivity index (χ4n) is 5.98. The molecule has 0 saturated heterocycles. The number of carbonyl (C=O) groups excluding carboxylic acids is 1. The Morgan fingerprint density at radius 3 is 2.77 bits per heavy atom. The zero-order valence-electron chi connectivity index (χ0n) is 16.1. The maximum Gasteiger partial charge on any atom is 0.311 e. The van der Waals surface area contributed by atoms with E-state index in [1.807, 2.05) is 6.07 Å². The summed E-state index contributed by atoms with van der Waals surface area (Å²) in [6.07, 6.45) is 6.71. The summed E-state index contributed by atoms with van der Waals surface area (Å²) in [5.41, 5.74) is 2.77. The van der Waals surface area contributed by atoms with Gasteiger partial charge in [0, 0.05) is 6.42 Å². The molecule has 0 aliphatic heterocycles. The summed E-state index contributed by atoms with van der Waals surface area (Å²) in [6, 6.07) is 4.13. The average molecular weight is 358 g/mol. The second-order valence-electron chi connectivity index (χ2n) is 8.58. The highest BCUT2D eigenvalue weighted by Gasteiger charge is 2.54. The minimum atomic E-state index is -0.231. The fourth-order valence-corrected chi connectivity index (χ4v) is 5.98. The lowest BCUT2D eigenvalue weighted by atomic mass is 9.55. The number of ether oxygens (including phenoxy) is 2. The van der Waals surface area contributed by atoms with Gasteiger partial charge < -0.3 is 14.6 Å². The Labute approximate surface area is 155 Å². The molecule has 0 aromatic heterocycles. The number of aliphatic hydroxyl groups is 1. The molecule has 4 nitrogen and oxygen atoms in total. The van der Waals surface area contributed by atoms with E-state index in [-0.39, 0.29) is 17.5 Å². The van der Waals surface area contributed by atoms with Crippen LogP contribution in [0, 0.1) is 17.3 Å². The molecule has 4 heteroatoms. The predicted molar refractivity (Wildman–Crippen MR) is 99.5 cm³/mol. The van der Waals surface area contributed by atoms with Gasteiger partial charge in [0.1, 0.15) is 0 Å². The summed E-state index contributed by atoms with van der Waals surface area (Å²) in [4.78, 5) is 11.7. The van der Waals surface area contributed by atoms with Crippen LogP contribution in [0.3, 0.4) is 0 Å². The number of fused-ring (bicyclic) bond motifs is 5. The van der Waals surface area contributed by atoms with E-state index in [0.717, 1.165) is 38.5 Å². The van der Waals surface area contributed by atoms with Crippen molar-refractivity contribution in [3.63, 3.8) is 0 Å². The molecule has 1 aromatic rings. The van der Waals surface area contributed by atoms with Gasteiger partial charge in [-0.25, -0.2) is 0 Å². The van der Waals surface area contributed by atoms with Crippen LogP contribution in [-0.2, 0) is 11.2 Å². The number of carbonyl (C=O) groups is 1. The summed E-state index contributed by atoms with van der Waals surface area (Å²) in [5, 5.41) is 10.5. The first-order valence-corrected chi connectivity index (χ1v) is 10.1. The molecule has 2 saturated carbocycles. The lowest BCUT2D eigenvalue weighted by Crippen LogP contribution is -2.43. The second kappa shape index (κ2) is 6.56. The molecule has 4 rings (SSSR count). The number of benzene rings is 1. The number of aliphatic hydroxyl groups excluding tert-OH is 1. The Kier molecular flexibility index (Phi) is 4.50. The van der Waals surface area contributed by atoms with Crippen LogP contribution in [0.5, 0.6) is 11.5 Å². The lowest BCUT2D eigenvalue weighted by molar-refractivity contribution is -0.134. The molecule has 0 spiro atoms. The molecule has 2 fully saturated rings. The SMILES string of the molecule is CCC(=O)Oc1cc2c(cc1OC)C1CC[C@@]3(C)C(CC[C@@H]3O)C1CC2. The number of hydrogen-bond donors (Lipinski definition) is 1. The predicted octanol–water partition coefficient (Wildman–Crippen LogP) is 4.23. The van der Waals surface area contributed by atoms with Gasteiger partial charge in [-0.3, -0.25) is 4.79 Å². The van der Waals surface area contributed by atoms with Gasteiger partial charge in [-0.1, -0.05) is 13.8 Å². The Balaban J connectivity index is 1.67. The van der Waals surface area contributed by atoms with Crippen LogP contribution in [0.4, 0.5) is 0 Å². The Bertz CT molecular complexity index is 712. The zero-order chi connectivity index (χ0) is 18.5. The van der Waals surface area contributed by atoms with Gasteiger partial charge >= 0.3 is 5.97 Å². The second-order valence-corrected chi connectivity index (χ2v) is 8.58.